The second-order valence-corrected chi connectivity index (χ2v) is 8.34. The summed E-state index contributed by atoms with van der Waals surface area (Å²) in [6.07, 6.45) is 1.46. The molecule has 0 aliphatic carbocycles. The van der Waals surface area contributed by atoms with Crippen molar-refractivity contribution in [3.05, 3.63) is 52.0 Å². The Morgan fingerprint density at radius 3 is 2.80 bits per heavy atom. The van der Waals surface area contributed by atoms with Gasteiger partial charge in [0.15, 0.2) is 16.7 Å². The molecule has 0 aromatic heterocycles. The lowest BCUT2D eigenvalue weighted by Crippen LogP contribution is -2.32. The average molecular weight is 465 g/mol. The lowest BCUT2D eigenvalue weighted by molar-refractivity contribution is -0.121. The van der Waals surface area contributed by atoms with Gasteiger partial charge in [-0.05, 0) is 42.0 Å². The first-order valence-electron chi connectivity index (χ1n) is 8.67. The number of carbonyl (C=O) groups is 2. The number of carbonyl (C=O) groups excluding carboxylic acids is 2. The number of amides is 2. The zero-order chi connectivity index (χ0) is 21.3. The van der Waals surface area contributed by atoms with Crippen LogP contribution in [-0.2, 0) is 9.59 Å². The summed E-state index contributed by atoms with van der Waals surface area (Å²) in [5.41, 5.74) is 6.87. The van der Waals surface area contributed by atoms with E-state index in [0.717, 1.165) is 22.2 Å². The van der Waals surface area contributed by atoms with Crippen LogP contribution in [0.2, 0.25) is 10.0 Å². The fourth-order valence-electron chi connectivity index (χ4n) is 2.92. The highest BCUT2D eigenvalue weighted by Gasteiger charge is 2.41. The molecule has 4 rings (SSSR count). The van der Waals surface area contributed by atoms with Crippen LogP contribution in [0.4, 0.5) is 5.69 Å². The third-order valence-corrected chi connectivity index (χ3v) is 5.81. The Hall–Kier alpha value is -2.75. The van der Waals surface area contributed by atoms with E-state index >= 15 is 0 Å². The van der Waals surface area contributed by atoms with E-state index in [9.17, 15) is 9.59 Å². The zero-order valence-corrected chi connectivity index (χ0v) is 17.6. The maximum absolute atomic E-state index is 12.7. The third-order valence-electron chi connectivity index (χ3n) is 4.28. The molecule has 1 atom stereocenters. The number of rotatable bonds is 4. The van der Waals surface area contributed by atoms with Gasteiger partial charge in [0, 0.05) is 11.4 Å². The molecular weight excluding hydrogens is 451 g/mol. The average Bonchev–Trinajstić information content (AvgIpc) is 3.28. The molecule has 8 nitrogen and oxygen atoms in total. The molecule has 2 heterocycles. The normalized spacial score (nSPS) is 18.7. The van der Waals surface area contributed by atoms with E-state index in [1.807, 2.05) is 0 Å². The number of amidine groups is 1. The van der Waals surface area contributed by atoms with E-state index in [0.29, 0.717) is 16.5 Å². The fourth-order valence-corrected chi connectivity index (χ4v) is 4.11. The first-order valence-corrected chi connectivity index (χ1v) is 10.3. The predicted molar refractivity (Wildman–Crippen MR) is 117 cm³/mol. The number of hydrogen-bond acceptors (Lipinski definition) is 7. The molecule has 0 bridgehead atoms. The summed E-state index contributed by atoms with van der Waals surface area (Å²) < 4.78 is 10.5. The number of fused-ring (bicyclic) bond motifs is 1. The van der Waals surface area contributed by atoms with E-state index in [2.05, 4.69) is 10.2 Å². The minimum atomic E-state index is -0.725. The molecule has 30 heavy (non-hydrogen) atoms. The van der Waals surface area contributed by atoms with Crippen molar-refractivity contribution in [3.8, 4) is 11.5 Å². The molecule has 2 aliphatic heterocycles. The molecular formula is C19H14Cl2N4O4S. The summed E-state index contributed by atoms with van der Waals surface area (Å²) in [5, 5.41) is 7.76. The minimum Gasteiger partial charge on any atom is -0.454 e. The van der Waals surface area contributed by atoms with Gasteiger partial charge in [0.2, 0.25) is 18.6 Å². The quantitative estimate of drug-likeness (QED) is 0.321. The number of nitrogens with two attached hydrogens (primary N) is 1. The molecule has 0 spiro atoms. The van der Waals surface area contributed by atoms with Crippen LogP contribution in [0.5, 0.6) is 11.5 Å². The Kier molecular flexibility index (Phi) is 5.85. The van der Waals surface area contributed by atoms with Crippen molar-refractivity contribution in [1.82, 2.24) is 0 Å². The van der Waals surface area contributed by atoms with Crippen molar-refractivity contribution in [2.75, 3.05) is 11.7 Å². The SMILES string of the molecule is NC(=N/N=C\c1ccc2c(c1)OCO2)S[C@@H]1CC(=O)N(c2cc(Cl)ccc2Cl)C1=O. The lowest BCUT2D eigenvalue weighted by Gasteiger charge is -2.16. The van der Waals surface area contributed by atoms with Crippen molar-refractivity contribution in [2.45, 2.75) is 11.7 Å². The van der Waals surface area contributed by atoms with E-state index in [1.165, 1.54) is 18.3 Å². The highest BCUT2D eigenvalue weighted by atomic mass is 35.5. The number of hydrogen-bond donors (Lipinski definition) is 1. The van der Waals surface area contributed by atoms with Crippen molar-refractivity contribution in [1.29, 1.82) is 0 Å². The number of anilines is 1. The van der Waals surface area contributed by atoms with Gasteiger partial charge >= 0.3 is 0 Å². The molecule has 0 radical (unpaired) electrons. The summed E-state index contributed by atoms with van der Waals surface area (Å²) in [6, 6.07) is 9.90. The van der Waals surface area contributed by atoms with Crippen molar-refractivity contribution in [2.24, 2.45) is 15.9 Å². The molecule has 2 aromatic carbocycles. The van der Waals surface area contributed by atoms with Crippen LogP contribution in [0, 0.1) is 0 Å². The zero-order valence-electron chi connectivity index (χ0n) is 15.2. The van der Waals surface area contributed by atoms with Crippen LogP contribution in [-0.4, -0.2) is 35.2 Å². The number of benzene rings is 2. The Balaban J connectivity index is 1.43. The molecule has 2 amide bonds. The third kappa shape index (κ3) is 4.23. The number of ether oxygens (including phenoxy) is 2. The van der Waals surface area contributed by atoms with E-state index in [-0.39, 0.29) is 29.1 Å². The van der Waals surface area contributed by atoms with Crippen LogP contribution in [0.3, 0.4) is 0 Å². The van der Waals surface area contributed by atoms with Crippen LogP contribution >= 0.6 is 35.0 Å². The molecule has 1 fully saturated rings. The highest BCUT2D eigenvalue weighted by molar-refractivity contribution is 8.14. The maximum Gasteiger partial charge on any atom is 0.247 e. The summed E-state index contributed by atoms with van der Waals surface area (Å²) in [6.45, 7) is 0.184. The Morgan fingerprint density at radius 2 is 1.97 bits per heavy atom. The van der Waals surface area contributed by atoms with Crippen molar-refractivity contribution < 1.29 is 19.1 Å². The van der Waals surface area contributed by atoms with Gasteiger partial charge in [-0.25, -0.2) is 4.90 Å². The smallest absolute Gasteiger partial charge is 0.247 e. The molecule has 2 N–H and O–H groups in total. The summed E-state index contributed by atoms with van der Waals surface area (Å²) in [7, 11) is 0. The predicted octanol–water partition coefficient (Wildman–Crippen LogP) is 3.44. The van der Waals surface area contributed by atoms with Gasteiger partial charge in [-0.15, -0.1) is 5.10 Å². The van der Waals surface area contributed by atoms with Gasteiger partial charge < -0.3 is 15.2 Å². The molecule has 11 heteroatoms. The number of halogens is 2. The number of thioether (sulfide) groups is 1. The topological polar surface area (TPSA) is 107 Å². The highest BCUT2D eigenvalue weighted by Crippen LogP contribution is 2.35. The van der Waals surface area contributed by atoms with Gasteiger partial charge in [-0.1, -0.05) is 35.0 Å². The standard InChI is InChI=1S/C19H14Cl2N4O4S/c20-11-2-3-12(21)13(6-11)25-17(26)7-16(18(25)27)30-19(22)24-23-8-10-1-4-14-15(5-10)29-9-28-14/h1-6,8,16H,7,9H2,(H2,22,24)/b23-8-/t16-/m1/s1. The molecule has 1 saturated heterocycles. The van der Waals surface area contributed by atoms with Crippen molar-refractivity contribution in [3.63, 3.8) is 0 Å². The van der Waals surface area contributed by atoms with Crippen LogP contribution < -0.4 is 20.1 Å². The second kappa shape index (κ2) is 8.55. The molecule has 0 unspecified atom stereocenters. The summed E-state index contributed by atoms with van der Waals surface area (Å²) >= 11 is 13.1. The van der Waals surface area contributed by atoms with Gasteiger partial charge in [0.05, 0.1) is 16.9 Å². The first kappa shape index (κ1) is 20.5. The van der Waals surface area contributed by atoms with Crippen LogP contribution in [0.1, 0.15) is 12.0 Å². The lowest BCUT2D eigenvalue weighted by atomic mass is 10.2. The first-order chi connectivity index (χ1) is 14.4. The van der Waals surface area contributed by atoms with Gasteiger partial charge in [-0.3, -0.25) is 9.59 Å². The van der Waals surface area contributed by atoms with Gasteiger partial charge in [0.25, 0.3) is 0 Å². The number of imide groups is 1. The van der Waals surface area contributed by atoms with Crippen molar-refractivity contribution >= 4 is 63.8 Å². The fraction of sp³-hybridized carbons (Fsp3) is 0.158. The van der Waals surface area contributed by atoms with Gasteiger partial charge in [0.1, 0.15) is 5.25 Å². The van der Waals surface area contributed by atoms with Gasteiger partial charge in [-0.2, -0.15) is 5.10 Å². The largest absolute Gasteiger partial charge is 0.454 e. The maximum atomic E-state index is 12.7. The van der Waals surface area contributed by atoms with E-state index < -0.39 is 17.1 Å². The Morgan fingerprint density at radius 1 is 1.17 bits per heavy atom. The number of nitrogens with zero attached hydrogens (tertiary/aromatic N) is 3. The molecule has 0 saturated carbocycles. The molecule has 2 aromatic rings. The van der Waals surface area contributed by atoms with E-state index in [4.69, 9.17) is 38.4 Å². The summed E-state index contributed by atoms with van der Waals surface area (Å²) in [5.74, 6) is 0.463. The second-order valence-electron chi connectivity index (χ2n) is 6.27. The Labute approximate surface area is 185 Å². The minimum absolute atomic E-state index is 0.0333. The van der Waals surface area contributed by atoms with E-state index in [1.54, 1.807) is 24.3 Å². The van der Waals surface area contributed by atoms with Crippen LogP contribution in [0.15, 0.2) is 46.6 Å². The van der Waals surface area contributed by atoms with Crippen LogP contribution in [0.25, 0.3) is 0 Å². The Bertz CT molecular complexity index is 1090. The molecule has 154 valence electrons. The molecule has 2 aliphatic rings. The summed E-state index contributed by atoms with van der Waals surface area (Å²) in [4.78, 5) is 26.1. The monoisotopic (exact) mass is 464 g/mol.